The van der Waals surface area contributed by atoms with E-state index in [2.05, 4.69) is 18.5 Å². The average molecular weight is 465 g/mol. The Hall–Kier alpha value is -3.41. The lowest BCUT2D eigenvalue weighted by Gasteiger charge is -2.27. The molecule has 0 spiro atoms. The van der Waals surface area contributed by atoms with Gasteiger partial charge in [-0.3, -0.25) is 14.4 Å². The van der Waals surface area contributed by atoms with E-state index in [4.69, 9.17) is 0 Å². The molecule has 0 radical (unpaired) electrons. The Morgan fingerprint density at radius 3 is 2.41 bits per heavy atom. The Morgan fingerprint density at radius 1 is 1.03 bits per heavy atom. The van der Waals surface area contributed by atoms with Gasteiger partial charge in [-0.15, -0.1) is 13.2 Å². The molecule has 2 aromatic carbocycles. The number of carboxylic acid groups (broad SMARTS) is 1. The van der Waals surface area contributed by atoms with E-state index in [1.54, 1.807) is 18.0 Å². The minimum atomic E-state index is -1.03. The Morgan fingerprint density at radius 2 is 1.71 bits per heavy atom. The molecule has 2 atom stereocenters. The third-order valence-electron chi connectivity index (χ3n) is 5.95. The van der Waals surface area contributed by atoms with Crippen molar-refractivity contribution in [2.75, 3.05) is 13.6 Å². The van der Waals surface area contributed by atoms with Crippen LogP contribution in [0.4, 0.5) is 0 Å². The van der Waals surface area contributed by atoms with E-state index in [1.165, 1.54) is 0 Å². The van der Waals surface area contributed by atoms with Crippen molar-refractivity contribution in [1.82, 2.24) is 10.2 Å². The van der Waals surface area contributed by atoms with Gasteiger partial charge in [-0.1, -0.05) is 54.6 Å². The van der Waals surface area contributed by atoms with Crippen LogP contribution in [0.25, 0.3) is 10.8 Å². The van der Waals surface area contributed by atoms with Gasteiger partial charge in [0.1, 0.15) is 6.04 Å². The lowest BCUT2D eigenvalue weighted by atomic mass is 9.95. The number of carbonyl (C=O) groups is 3. The van der Waals surface area contributed by atoms with Crippen molar-refractivity contribution in [3.63, 3.8) is 0 Å². The second-order valence-corrected chi connectivity index (χ2v) is 8.61. The number of rotatable bonds is 15. The first-order valence-electron chi connectivity index (χ1n) is 11.8. The molecule has 6 nitrogen and oxygen atoms in total. The molecular formula is C28H36N2O4. The number of carbonyl (C=O) groups excluding carboxylic acids is 2. The SMILES string of the molecule is C=CCCC[C@H](CC(=O)O)C(=O)N[C@@H](Cc1cccc2ccccc12)C(=O)N(C)CCCC=C. The highest BCUT2D eigenvalue weighted by Crippen LogP contribution is 2.21. The third-order valence-corrected chi connectivity index (χ3v) is 5.95. The maximum atomic E-state index is 13.4. The third kappa shape index (κ3) is 8.18. The predicted octanol–water partition coefficient (Wildman–Crippen LogP) is 4.74. The number of likely N-dealkylation sites (N-methyl/N-ethyl adjacent to an activating group) is 1. The number of nitrogens with zero attached hydrogens (tertiary/aromatic N) is 1. The number of hydrogen-bond donors (Lipinski definition) is 2. The van der Waals surface area contributed by atoms with E-state index in [0.29, 0.717) is 32.2 Å². The fourth-order valence-corrected chi connectivity index (χ4v) is 4.07. The van der Waals surface area contributed by atoms with Crippen molar-refractivity contribution in [2.24, 2.45) is 5.92 Å². The lowest BCUT2D eigenvalue weighted by molar-refractivity contribution is -0.142. The van der Waals surface area contributed by atoms with E-state index >= 15 is 0 Å². The Kier molecular flexibility index (Phi) is 11.0. The molecule has 6 heteroatoms. The molecular weight excluding hydrogens is 428 g/mol. The molecule has 0 fully saturated rings. The van der Waals surface area contributed by atoms with Gasteiger partial charge in [0.15, 0.2) is 0 Å². The van der Waals surface area contributed by atoms with Crippen molar-refractivity contribution in [3.05, 3.63) is 73.3 Å². The molecule has 182 valence electrons. The molecule has 0 aliphatic rings. The summed E-state index contributed by atoms with van der Waals surface area (Å²) in [6.45, 7) is 7.95. The number of allylic oxidation sites excluding steroid dienone is 2. The van der Waals surface area contributed by atoms with Gasteiger partial charge >= 0.3 is 5.97 Å². The minimum Gasteiger partial charge on any atom is -0.481 e. The summed E-state index contributed by atoms with van der Waals surface area (Å²) in [7, 11) is 1.73. The van der Waals surface area contributed by atoms with Gasteiger partial charge in [0.2, 0.25) is 11.8 Å². The summed E-state index contributed by atoms with van der Waals surface area (Å²) in [5, 5.41) is 14.3. The molecule has 0 aliphatic heterocycles. The maximum Gasteiger partial charge on any atom is 0.304 e. The quantitative estimate of drug-likeness (QED) is 0.294. The van der Waals surface area contributed by atoms with Crippen LogP contribution in [0.3, 0.4) is 0 Å². The Balaban J connectivity index is 2.28. The fourth-order valence-electron chi connectivity index (χ4n) is 4.07. The Bertz CT molecular complexity index is 996. The summed E-state index contributed by atoms with van der Waals surface area (Å²) in [6.07, 6.45) is 6.98. The van der Waals surface area contributed by atoms with E-state index < -0.39 is 23.8 Å². The zero-order chi connectivity index (χ0) is 24.9. The topological polar surface area (TPSA) is 86.7 Å². The monoisotopic (exact) mass is 464 g/mol. The highest BCUT2D eigenvalue weighted by atomic mass is 16.4. The van der Waals surface area contributed by atoms with Gasteiger partial charge in [0.25, 0.3) is 0 Å². The first-order chi connectivity index (χ1) is 16.4. The van der Waals surface area contributed by atoms with Gasteiger partial charge in [0, 0.05) is 25.9 Å². The number of fused-ring (bicyclic) bond motifs is 1. The van der Waals surface area contributed by atoms with E-state index in [9.17, 15) is 19.5 Å². The van der Waals surface area contributed by atoms with Crippen LogP contribution in [0.15, 0.2) is 67.8 Å². The summed E-state index contributed by atoms with van der Waals surface area (Å²) in [6, 6.07) is 13.1. The average Bonchev–Trinajstić information content (AvgIpc) is 2.82. The standard InChI is InChI=1S/C28H36N2O4/c1-4-6-8-14-23(20-26(31)32)27(33)29-25(28(34)30(3)18-11-7-5-2)19-22-16-12-15-21-13-9-10-17-24(21)22/h4-5,9-10,12-13,15-17,23,25H,1-2,6-8,11,14,18-20H2,3H3,(H,29,33)(H,31,32)/t23-,25+/m1/s1. The van der Waals surface area contributed by atoms with Crippen LogP contribution in [0.2, 0.25) is 0 Å². The van der Waals surface area contributed by atoms with Crippen LogP contribution in [-0.2, 0) is 20.8 Å². The van der Waals surface area contributed by atoms with Crippen LogP contribution in [0, 0.1) is 5.92 Å². The number of carboxylic acids is 1. The second-order valence-electron chi connectivity index (χ2n) is 8.61. The van der Waals surface area contributed by atoms with Crippen LogP contribution in [-0.4, -0.2) is 47.4 Å². The van der Waals surface area contributed by atoms with Crippen molar-refractivity contribution >= 4 is 28.6 Å². The van der Waals surface area contributed by atoms with Gasteiger partial charge in [-0.05, 0) is 48.4 Å². The summed E-state index contributed by atoms with van der Waals surface area (Å²) in [5.41, 5.74) is 0.956. The fraction of sp³-hybridized carbons (Fsp3) is 0.393. The highest BCUT2D eigenvalue weighted by molar-refractivity contribution is 5.91. The predicted molar refractivity (Wildman–Crippen MR) is 136 cm³/mol. The van der Waals surface area contributed by atoms with E-state index in [-0.39, 0.29) is 12.3 Å². The van der Waals surface area contributed by atoms with Crippen molar-refractivity contribution in [1.29, 1.82) is 0 Å². The van der Waals surface area contributed by atoms with E-state index in [1.807, 2.05) is 48.5 Å². The molecule has 0 bridgehead atoms. The van der Waals surface area contributed by atoms with Crippen LogP contribution in [0.1, 0.15) is 44.1 Å². The summed E-state index contributed by atoms with van der Waals surface area (Å²) >= 11 is 0. The highest BCUT2D eigenvalue weighted by Gasteiger charge is 2.29. The number of amides is 2. The molecule has 0 unspecified atom stereocenters. The molecule has 0 saturated carbocycles. The molecule has 2 rings (SSSR count). The molecule has 2 aromatic rings. The lowest BCUT2D eigenvalue weighted by Crippen LogP contribution is -2.50. The zero-order valence-electron chi connectivity index (χ0n) is 20.0. The van der Waals surface area contributed by atoms with Crippen LogP contribution < -0.4 is 5.32 Å². The van der Waals surface area contributed by atoms with Crippen molar-refractivity contribution < 1.29 is 19.5 Å². The van der Waals surface area contributed by atoms with Gasteiger partial charge in [-0.25, -0.2) is 0 Å². The number of benzene rings is 2. The summed E-state index contributed by atoms with van der Waals surface area (Å²) < 4.78 is 0. The number of aliphatic carboxylic acids is 1. The van der Waals surface area contributed by atoms with Crippen LogP contribution >= 0.6 is 0 Å². The van der Waals surface area contributed by atoms with Crippen molar-refractivity contribution in [3.8, 4) is 0 Å². The number of unbranched alkanes of at least 4 members (excludes halogenated alkanes) is 2. The molecule has 2 amide bonds. The second kappa shape index (κ2) is 14.0. The van der Waals surface area contributed by atoms with Gasteiger partial charge in [-0.2, -0.15) is 0 Å². The molecule has 0 aromatic heterocycles. The smallest absolute Gasteiger partial charge is 0.304 e. The zero-order valence-corrected chi connectivity index (χ0v) is 20.0. The first-order valence-corrected chi connectivity index (χ1v) is 11.8. The minimum absolute atomic E-state index is 0.189. The summed E-state index contributed by atoms with van der Waals surface area (Å²) in [4.78, 5) is 39.5. The molecule has 2 N–H and O–H groups in total. The van der Waals surface area contributed by atoms with Gasteiger partial charge < -0.3 is 15.3 Å². The first kappa shape index (κ1) is 26.8. The normalized spacial score (nSPS) is 12.5. The number of hydrogen-bond acceptors (Lipinski definition) is 3. The Labute approximate surface area is 202 Å². The molecule has 0 aliphatic carbocycles. The maximum absolute atomic E-state index is 13.4. The van der Waals surface area contributed by atoms with E-state index in [0.717, 1.165) is 29.2 Å². The number of nitrogens with one attached hydrogen (secondary N) is 1. The largest absolute Gasteiger partial charge is 0.481 e. The van der Waals surface area contributed by atoms with Crippen molar-refractivity contribution in [2.45, 2.75) is 51.0 Å². The summed E-state index contributed by atoms with van der Waals surface area (Å²) in [5.74, 6) is -2.32. The van der Waals surface area contributed by atoms with Crippen LogP contribution in [0.5, 0.6) is 0 Å². The molecule has 34 heavy (non-hydrogen) atoms. The molecule has 0 heterocycles. The molecule has 0 saturated heterocycles. The van der Waals surface area contributed by atoms with Gasteiger partial charge in [0.05, 0.1) is 6.42 Å².